The third-order valence-electron chi connectivity index (χ3n) is 6.05. The van der Waals surface area contributed by atoms with Gasteiger partial charge in [-0.15, -0.1) is 0 Å². The van der Waals surface area contributed by atoms with Gasteiger partial charge in [0, 0.05) is 31.8 Å². The smallest absolute Gasteiger partial charge is 0.257 e. The van der Waals surface area contributed by atoms with Crippen molar-refractivity contribution in [1.82, 2.24) is 10.1 Å². The normalized spacial score (nSPS) is 15.5. The fourth-order valence-electron chi connectivity index (χ4n) is 4.27. The van der Waals surface area contributed by atoms with Crippen LogP contribution in [0.1, 0.15) is 42.6 Å². The number of benzene rings is 2. The zero-order valence-electron chi connectivity index (χ0n) is 19.2. The van der Waals surface area contributed by atoms with E-state index in [-0.39, 0.29) is 24.1 Å². The van der Waals surface area contributed by atoms with Gasteiger partial charge in [-0.05, 0) is 38.8 Å². The largest absolute Gasteiger partial charge is 0.376 e. The van der Waals surface area contributed by atoms with Crippen molar-refractivity contribution in [2.75, 3.05) is 31.1 Å². The summed E-state index contributed by atoms with van der Waals surface area (Å²) in [6.07, 6.45) is 1.76. The molecule has 1 atom stereocenters. The summed E-state index contributed by atoms with van der Waals surface area (Å²) in [7, 11) is 0. The Bertz CT molecular complexity index is 1060. The van der Waals surface area contributed by atoms with Crippen molar-refractivity contribution in [3.05, 3.63) is 71.5 Å². The molecule has 174 valence electrons. The lowest BCUT2D eigenvalue weighted by atomic mass is 10.1. The van der Waals surface area contributed by atoms with E-state index < -0.39 is 5.82 Å². The topological polar surface area (TPSA) is 58.8 Å². The minimum absolute atomic E-state index is 0.0533. The first-order chi connectivity index (χ1) is 16.1. The molecule has 4 rings (SSSR count). The van der Waals surface area contributed by atoms with Crippen LogP contribution in [-0.2, 0) is 11.3 Å². The summed E-state index contributed by atoms with van der Waals surface area (Å²) >= 11 is 0. The van der Waals surface area contributed by atoms with Gasteiger partial charge in [0.15, 0.2) is 0 Å². The SMILES string of the molecule is CCN(CC)c1onc(-c2ccccc2)c1CN(C[C@H]1CCCO1)C(=O)c1ccccc1F. The van der Waals surface area contributed by atoms with Gasteiger partial charge >= 0.3 is 0 Å². The molecule has 1 aliphatic rings. The molecule has 0 aliphatic carbocycles. The van der Waals surface area contributed by atoms with E-state index in [1.807, 2.05) is 44.2 Å². The number of nitrogens with zero attached hydrogens (tertiary/aromatic N) is 3. The molecule has 0 N–H and O–H groups in total. The molecule has 1 saturated heterocycles. The molecule has 0 spiro atoms. The molecule has 6 nitrogen and oxygen atoms in total. The standard InChI is InChI=1S/C26H30FN3O3/c1-3-29(4-2)26-22(24(28-33-26)19-11-6-5-7-12-19)18-30(17-20-13-10-16-32-20)25(31)21-14-8-9-15-23(21)27/h5-9,11-12,14-15,20H,3-4,10,13,16-18H2,1-2H3/t20-/m1/s1. The quantitative estimate of drug-likeness (QED) is 0.450. The highest BCUT2D eigenvalue weighted by Crippen LogP contribution is 2.33. The molecule has 0 saturated carbocycles. The van der Waals surface area contributed by atoms with Crippen LogP contribution in [0.2, 0.25) is 0 Å². The van der Waals surface area contributed by atoms with Crippen molar-refractivity contribution < 1.29 is 18.4 Å². The van der Waals surface area contributed by atoms with Gasteiger partial charge in [-0.3, -0.25) is 4.79 Å². The molecule has 0 radical (unpaired) electrons. The summed E-state index contributed by atoms with van der Waals surface area (Å²) < 4.78 is 26.2. The number of rotatable bonds is 9. The Labute approximate surface area is 193 Å². The molecule has 3 aromatic rings. The monoisotopic (exact) mass is 451 g/mol. The van der Waals surface area contributed by atoms with Crippen molar-refractivity contribution in [1.29, 1.82) is 0 Å². The van der Waals surface area contributed by atoms with E-state index in [9.17, 15) is 9.18 Å². The van der Waals surface area contributed by atoms with Gasteiger partial charge in [0.25, 0.3) is 5.91 Å². The Kier molecular flexibility index (Phi) is 7.40. The molecular weight excluding hydrogens is 421 g/mol. The fraction of sp³-hybridized carbons (Fsp3) is 0.385. The van der Waals surface area contributed by atoms with Crippen LogP contribution in [0.4, 0.5) is 10.3 Å². The number of anilines is 1. The van der Waals surface area contributed by atoms with E-state index >= 15 is 0 Å². The first kappa shape index (κ1) is 23.0. The van der Waals surface area contributed by atoms with Gasteiger partial charge < -0.3 is 19.1 Å². The number of hydrogen-bond acceptors (Lipinski definition) is 5. The molecule has 1 aromatic heterocycles. The average molecular weight is 452 g/mol. The molecule has 1 aliphatic heterocycles. The minimum Gasteiger partial charge on any atom is -0.376 e. The van der Waals surface area contributed by atoms with Gasteiger partial charge in [0.2, 0.25) is 5.88 Å². The van der Waals surface area contributed by atoms with Gasteiger partial charge in [-0.2, -0.15) is 0 Å². The van der Waals surface area contributed by atoms with Crippen molar-refractivity contribution in [3.8, 4) is 11.3 Å². The number of hydrogen-bond donors (Lipinski definition) is 0. The number of aromatic nitrogens is 1. The van der Waals surface area contributed by atoms with E-state index in [0.717, 1.165) is 37.1 Å². The lowest BCUT2D eigenvalue weighted by Crippen LogP contribution is -2.38. The third kappa shape index (κ3) is 5.09. The van der Waals surface area contributed by atoms with Crippen LogP contribution in [0.3, 0.4) is 0 Å². The van der Waals surface area contributed by atoms with E-state index in [2.05, 4.69) is 10.1 Å². The maximum atomic E-state index is 14.5. The van der Waals surface area contributed by atoms with Crippen LogP contribution < -0.4 is 4.90 Å². The number of halogens is 1. The van der Waals surface area contributed by atoms with E-state index in [1.54, 1.807) is 17.0 Å². The number of ether oxygens (including phenoxy) is 1. The van der Waals surface area contributed by atoms with Crippen molar-refractivity contribution in [2.45, 2.75) is 39.3 Å². The second kappa shape index (κ2) is 10.6. The summed E-state index contributed by atoms with van der Waals surface area (Å²) in [6.45, 7) is 6.87. The Hall–Kier alpha value is -3.19. The van der Waals surface area contributed by atoms with E-state index in [1.165, 1.54) is 12.1 Å². The number of amides is 1. The number of carbonyl (C=O) groups is 1. The van der Waals surface area contributed by atoms with Crippen molar-refractivity contribution >= 4 is 11.8 Å². The van der Waals surface area contributed by atoms with Crippen LogP contribution >= 0.6 is 0 Å². The molecule has 1 fully saturated rings. The highest BCUT2D eigenvalue weighted by atomic mass is 19.1. The average Bonchev–Trinajstić information content (AvgIpc) is 3.50. The second-order valence-electron chi connectivity index (χ2n) is 8.15. The highest BCUT2D eigenvalue weighted by molar-refractivity contribution is 5.94. The summed E-state index contributed by atoms with van der Waals surface area (Å²) in [5, 5.41) is 4.38. The fourth-order valence-corrected chi connectivity index (χ4v) is 4.27. The number of carbonyl (C=O) groups excluding carboxylic acids is 1. The second-order valence-corrected chi connectivity index (χ2v) is 8.15. The lowest BCUT2D eigenvalue weighted by molar-refractivity contribution is 0.0504. The Morgan fingerprint density at radius 2 is 1.82 bits per heavy atom. The predicted molar refractivity (Wildman–Crippen MR) is 126 cm³/mol. The maximum Gasteiger partial charge on any atom is 0.257 e. The first-order valence-corrected chi connectivity index (χ1v) is 11.6. The van der Waals surface area contributed by atoms with Crippen LogP contribution in [0, 0.1) is 5.82 Å². The van der Waals surface area contributed by atoms with Crippen LogP contribution in [0.25, 0.3) is 11.3 Å². The maximum absolute atomic E-state index is 14.5. The molecule has 1 amide bonds. The molecule has 2 aromatic carbocycles. The zero-order chi connectivity index (χ0) is 23.2. The Morgan fingerprint density at radius 3 is 2.48 bits per heavy atom. The molecular formula is C26H30FN3O3. The minimum atomic E-state index is -0.530. The summed E-state index contributed by atoms with van der Waals surface area (Å²) in [4.78, 5) is 17.3. The zero-order valence-corrected chi connectivity index (χ0v) is 19.2. The summed E-state index contributed by atoms with van der Waals surface area (Å²) in [6, 6.07) is 15.9. The molecule has 7 heteroatoms. The van der Waals surface area contributed by atoms with Crippen molar-refractivity contribution in [3.63, 3.8) is 0 Å². The molecule has 0 bridgehead atoms. The van der Waals surface area contributed by atoms with Crippen LogP contribution in [0.5, 0.6) is 0 Å². The Balaban J connectivity index is 1.74. The highest BCUT2D eigenvalue weighted by Gasteiger charge is 2.29. The Morgan fingerprint density at radius 1 is 1.09 bits per heavy atom. The van der Waals surface area contributed by atoms with Gasteiger partial charge in [0.05, 0.1) is 23.8 Å². The van der Waals surface area contributed by atoms with Gasteiger partial charge in [-0.25, -0.2) is 4.39 Å². The van der Waals surface area contributed by atoms with Crippen molar-refractivity contribution in [2.24, 2.45) is 0 Å². The summed E-state index contributed by atoms with van der Waals surface area (Å²) in [5.74, 6) is -0.260. The van der Waals surface area contributed by atoms with Crippen LogP contribution in [-0.4, -0.2) is 48.3 Å². The van der Waals surface area contributed by atoms with Gasteiger partial charge in [-0.1, -0.05) is 47.6 Å². The molecule has 0 unspecified atom stereocenters. The third-order valence-corrected chi connectivity index (χ3v) is 6.05. The predicted octanol–water partition coefficient (Wildman–Crippen LogP) is 5.15. The first-order valence-electron chi connectivity index (χ1n) is 11.6. The van der Waals surface area contributed by atoms with Crippen LogP contribution in [0.15, 0.2) is 59.1 Å². The van der Waals surface area contributed by atoms with Gasteiger partial charge in [0.1, 0.15) is 11.5 Å². The lowest BCUT2D eigenvalue weighted by Gasteiger charge is -2.27. The van der Waals surface area contributed by atoms with E-state index in [0.29, 0.717) is 24.7 Å². The van der Waals surface area contributed by atoms with E-state index in [4.69, 9.17) is 9.26 Å². The molecule has 2 heterocycles. The summed E-state index contributed by atoms with van der Waals surface area (Å²) in [5.41, 5.74) is 2.46. The molecule has 33 heavy (non-hydrogen) atoms.